The average molecular weight is 222 g/mol. The summed E-state index contributed by atoms with van der Waals surface area (Å²) in [4.78, 5) is 0. The van der Waals surface area contributed by atoms with E-state index < -0.39 is 0 Å². The summed E-state index contributed by atoms with van der Waals surface area (Å²) in [5.74, 6) is 0.603. The van der Waals surface area contributed by atoms with Crippen LogP contribution in [0.15, 0.2) is 35.2 Å². The molecule has 16 heavy (non-hydrogen) atoms. The highest BCUT2D eigenvalue weighted by Crippen LogP contribution is 2.28. The topological polar surface area (TPSA) is 0 Å². The molecule has 0 spiro atoms. The minimum atomic E-state index is 0.0927. The first-order valence-electron chi connectivity index (χ1n) is 6.16. The molecule has 1 aliphatic rings. The van der Waals surface area contributed by atoms with Crippen molar-refractivity contribution in [3.8, 4) is 0 Å². The lowest BCUT2D eigenvalue weighted by Gasteiger charge is -2.17. The van der Waals surface area contributed by atoms with Crippen LogP contribution in [0.5, 0.6) is 0 Å². The Morgan fingerprint density at radius 1 is 1.31 bits per heavy atom. The summed E-state index contributed by atoms with van der Waals surface area (Å²) in [5, 5.41) is 0. The molecule has 1 aliphatic carbocycles. The molecule has 0 amide bonds. The first-order chi connectivity index (χ1) is 7.50. The number of hydrogen-bond acceptors (Lipinski definition) is 0. The SMILES string of the molecule is C=C(C)C1C/C=C(\C)CC/C(F)=C(\C)CC1. The molecule has 0 fully saturated rings. The minimum absolute atomic E-state index is 0.0927. The van der Waals surface area contributed by atoms with Gasteiger partial charge in [0.05, 0.1) is 5.83 Å². The summed E-state index contributed by atoms with van der Waals surface area (Å²) in [6.45, 7) is 10.1. The first-order valence-corrected chi connectivity index (χ1v) is 6.16. The van der Waals surface area contributed by atoms with Gasteiger partial charge in [0.15, 0.2) is 0 Å². The van der Waals surface area contributed by atoms with E-state index in [0.29, 0.717) is 12.3 Å². The Morgan fingerprint density at radius 3 is 2.62 bits per heavy atom. The molecule has 0 aromatic rings. The molecule has 0 heterocycles. The fourth-order valence-electron chi connectivity index (χ4n) is 2.06. The van der Waals surface area contributed by atoms with Gasteiger partial charge in [-0.15, -0.1) is 0 Å². The lowest BCUT2D eigenvalue weighted by Crippen LogP contribution is -2.02. The van der Waals surface area contributed by atoms with E-state index in [4.69, 9.17) is 0 Å². The monoisotopic (exact) mass is 222 g/mol. The second-order valence-corrected chi connectivity index (χ2v) is 5.05. The van der Waals surface area contributed by atoms with Crippen LogP contribution in [0.2, 0.25) is 0 Å². The molecule has 1 rings (SSSR count). The molecular formula is C15H23F. The molecule has 90 valence electrons. The fourth-order valence-corrected chi connectivity index (χ4v) is 2.06. The molecule has 0 aliphatic heterocycles. The Kier molecular flexibility index (Phi) is 4.98. The largest absolute Gasteiger partial charge is 0.212 e. The summed E-state index contributed by atoms with van der Waals surface area (Å²) in [6.07, 6.45) is 6.65. The van der Waals surface area contributed by atoms with Gasteiger partial charge in [0.1, 0.15) is 0 Å². The lowest BCUT2D eigenvalue weighted by molar-refractivity contribution is 0.525. The third-order valence-electron chi connectivity index (χ3n) is 3.52. The van der Waals surface area contributed by atoms with Crippen molar-refractivity contribution >= 4 is 0 Å². The molecule has 0 N–H and O–H groups in total. The maximum Gasteiger partial charge on any atom is 0.0991 e. The van der Waals surface area contributed by atoms with Gasteiger partial charge in [-0.3, -0.25) is 0 Å². The van der Waals surface area contributed by atoms with Crippen LogP contribution in [-0.2, 0) is 0 Å². The van der Waals surface area contributed by atoms with Crippen molar-refractivity contribution in [2.45, 2.75) is 52.9 Å². The Balaban J connectivity index is 2.80. The van der Waals surface area contributed by atoms with Gasteiger partial charge in [0.2, 0.25) is 0 Å². The molecule has 0 saturated carbocycles. The van der Waals surface area contributed by atoms with Crippen molar-refractivity contribution in [1.82, 2.24) is 0 Å². The average Bonchev–Trinajstić information content (AvgIpc) is 2.23. The van der Waals surface area contributed by atoms with Gasteiger partial charge in [0, 0.05) is 6.42 Å². The fraction of sp³-hybridized carbons (Fsp3) is 0.600. The van der Waals surface area contributed by atoms with Gasteiger partial charge in [-0.2, -0.15) is 0 Å². The van der Waals surface area contributed by atoms with Crippen molar-refractivity contribution in [2.75, 3.05) is 0 Å². The third kappa shape index (κ3) is 3.96. The summed E-state index contributed by atoms with van der Waals surface area (Å²) >= 11 is 0. The van der Waals surface area contributed by atoms with E-state index in [1.54, 1.807) is 0 Å². The summed E-state index contributed by atoms with van der Waals surface area (Å²) in [5.41, 5.74) is 3.45. The van der Waals surface area contributed by atoms with Gasteiger partial charge < -0.3 is 0 Å². The molecule has 0 radical (unpaired) electrons. The maximum absolute atomic E-state index is 13.7. The van der Waals surface area contributed by atoms with Crippen LogP contribution in [-0.4, -0.2) is 0 Å². The molecule has 1 heteroatoms. The van der Waals surface area contributed by atoms with E-state index in [1.807, 2.05) is 6.92 Å². The highest BCUT2D eigenvalue weighted by molar-refractivity contribution is 5.12. The van der Waals surface area contributed by atoms with Crippen molar-refractivity contribution < 1.29 is 4.39 Å². The minimum Gasteiger partial charge on any atom is -0.212 e. The van der Waals surface area contributed by atoms with Crippen molar-refractivity contribution in [1.29, 1.82) is 0 Å². The molecule has 0 bridgehead atoms. The third-order valence-corrected chi connectivity index (χ3v) is 3.52. The quantitative estimate of drug-likeness (QED) is 0.526. The van der Waals surface area contributed by atoms with Crippen LogP contribution >= 0.6 is 0 Å². The highest BCUT2D eigenvalue weighted by atomic mass is 19.1. The number of rotatable bonds is 1. The number of halogens is 1. The van der Waals surface area contributed by atoms with Gasteiger partial charge in [-0.25, -0.2) is 4.39 Å². The van der Waals surface area contributed by atoms with Gasteiger partial charge in [-0.05, 0) is 57.9 Å². The molecule has 0 saturated heterocycles. The first kappa shape index (κ1) is 13.2. The molecule has 0 aromatic carbocycles. The van der Waals surface area contributed by atoms with Gasteiger partial charge in [-0.1, -0.05) is 23.8 Å². The van der Waals surface area contributed by atoms with Crippen LogP contribution in [0.1, 0.15) is 52.9 Å². The van der Waals surface area contributed by atoms with Crippen LogP contribution < -0.4 is 0 Å². The number of allylic oxidation sites excluding steroid dienone is 5. The van der Waals surface area contributed by atoms with Gasteiger partial charge >= 0.3 is 0 Å². The van der Waals surface area contributed by atoms with Crippen LogP contribution in [0.25, 0.3) is 0 Å². The molecule has 1 unspecified atom stereocenters. The van der Waals surface area contributed by atoms with Crippen molar-refractivity contribution in [2.24, 2.45) is 5.92 Å². The zero-order chi connectivity index (χ0) is 12.1. The van der Waals surface area contributed by atoms with E-state index in [2.05, 4.69) is 26.5 Å². The van der Waals surface area contributed by atoms with Gasteiger partial charge in [0.25, 0.3) is 0 Å². The summed E-state index contributed by atoms with van der Waals surface area (Å²) in [7, 11) is 0. The molecule has 1 atom stereocenters. The number of hydrogen-bond donors (Lipinski definition) is 0. The van der Waals surface area contributed by atoms with E-state index >= 15 is 0 Å². The van der Waals surface area contributed by atoms with Crippen LogP contribution in [0.3, 0.4) is 0 Å². The van der Waals surface area contributed by atoms with Crippen molar-refractivity contribution in [3.05, 3.63) is 35.2 Å². The summed E-state index contributed by atoms with van der Waals surface area (Å²) < 4.78 is 13.7. The molecule has 0 aromatic heterocycles. The second-order valence-electron chi connectivity index (χ2n) is 5.05. The predicted molar refractivity (Wildman–Crippen MR) is 69.0 cm³/mol. The lowest BCUT2D eigenvalue weighted by atomic mass is 9.89. The maximum atomic E-state index is 13.7. The van der Waals surface area contributed by atoms with E-state index in [0.717, 1.165) is 31.3 Å². The Morgan fingerprint density at radius 2 is 2.00 bits per heavy atom. The zero-order valence-electron chi connectivity index (χ0n) is 10.8. The summed E-state index contributed by atoms with van der Waals surface area (Å²) in [6, 6.07) is 0. The van der Waals surface area contributed by atoms with Crippen molar-refractivity contribution in [3.63, 3.8) is 0 Å². The second kappa shape index (κ2) is 6.03. The molecular weight excluding hydrogens is 199 g/mol. The standard InChI is InChI=1S/C15H23F/c1-11(2)14-8-5-12(3)6-10-15(16)13(4)7-9-14/h5,14H,1,6-10H2,2-4H3/b12-5+,15-13-. The smallest absolute Gasteiger partial charge is 0.0991 e. The zero-order valence-corrected chi connectivity index (χ0v) is 10.8. The van der Waals surface area contributed by atoms with Crippen LogP contribution in [0.4, 0.5) is 4.39 Å². The van der Waals surface area contributed by atoms with E-state index in [-0.39, 0.29) is 5.83 Å². The normalized spacial score (nSPS) is 31.8. The van der Waals surface area contributed by atoms with E-state index in [1.165, 1.54) is 11.1 Å². The molecule has 0 nitrogen and oxygen atoms in total. The Labute approximate surface area is 98.9 Å². The predicted octanol–water partition coefficient (Wildman–Crippen LogP) is 5.33. The van der Waals surface area contributed by atoms with E-state index in [9.17, 15) is 4.39 Å². The Hall–Kier alpha value is -0.850. The Bertz CT molecular complexity index is 320. The highest BCUT2D eigenvalue weighted by Gasteiger charge is 2.12. The van der Waals surface area contributed by atoms with Crippen LogP contribution in [0, 0.1) is 5.92 Å².